The van der Waals surface area contributed by atoms with E-state index in [0.717, 1.165) is 17.7 Å². The smallest absolute Gasteiger partial charge is 0.230 e. The van der Waals surface area contributed by atoms with E-state index in [9.17, 15) is 4.79 Å². The zero-order valence-electron chi connectivity index (χ0n) is 11.1. The van der Waals surface area contributed by atoms with Gasteiger partial charge in [0.2, 0.25) is 5.91 Å². The molecule has 0 unspecified atom stereocenters. The molecule has 0 aromatic heterocycles. The van der Waals surface area contributed by atoms with Crippen molar-refractivity contribution in [3.05, 3.63) is 29.8 Å². The van der Waals surface area contributed by atoms with Crippen LogP contribution in [0.2, 0.25) is 0 Å². The summed E-state index contributed by atoms with van der Waals surface area (Å²) in [7, 11) is 0. The molecule has 0 bridgehead atoms. The third-order valence-corrected chi connectivity index (χ3v) is 2.95. The van der Waals surface area contributed by atoms with Crippen molar-refractivity contribution in [2.75, 3.05) is 11.9 Å². The Morgan fingerprint density at radius 1 is 1.33 bits per heavy atom. The zero-order chi connectivity index (χ0) is 13.6. The number of amides is 1. The molecule has 18 heavy (non-hydrogen) atoms. The van der Waals surface area contributed by atoms with Crippen LogP contribution in [0.4, 0.5) is 5.69 Å². The van der Waals surface area contributed by atoms with Gasteiger partial charge in [-0.05, 0) is 30.7 Å². The van der Waals surface area contributed by atoms with Gasteiger partial charge in [0.15, 0.2) is 0 Å². The fourth-order valence-electron chi connectivity index (χ4n) is 1.24. The molecule has 0 aliphatic rings. The number of anilines is 1. The number of hydrogen-bond donors (Lipinski definition) is 2. The third kappa shape index (κ3) is 3.90. The minimum atomic E-state index is -0.366. The van der Waals surface area contributed by atoms with Crippen LogP contribution >= 0.6 is 0 Å². The third-order valence-electron chi connectivity index (χ3n) is 2.95. The van der Waals surface area contributed by atoms with Gasteiger partial charge >= 0.3 is 0 Å². The highest BCUT2D eigenvalue weighted by atomic mass is 16.2. The maximum absolute atomic E-state index is 12.0. The summed E-state index contributed by atoms with van der Waals surface area (Å²) in [5.41, 5.74) is 1.21. The van der Waals surface area contributed by atoms with E-state index in [1.165, 1.54) is 0 Å². The molecule has 0 aliphatic heterocycles. The number of aliphatic hydroxyl groups is 1. The molecule has 1 amide bonds. The van der Waals surface area contributed by atoms with Gasteiger partial charge < -0.3 is 10.4 Å². The molecule has 0 atom stereocenters. The SMILES string of the molecule is CCC(C)(C)C(=O)Nc1ccc(C#CCO)cc1. The molecule has 3 heteroatoms. The molecule has 1 aromatic rings. The molecular weight excluding hydrogens is 226 g/mol. The van der Waals surface area contributed by atoms with Crippen LogP contribution in [-0.2, 0) is 4.79 Å². The van der Waals surface area contributed by atoms with Crippen LogP contribution in [0.25, 0.3) is 0 Å². The fraction of sp³-hybridized carbons (Fsp3) is 0.400. The summed E-state index contributed by atoms with van der Waals surface area (Å²) in [6.45, 7) is 5.68. The summed E-state index contributed by atoms with van der Waals surface area (Å²) in [5.74, 6) is 5.39. The van der Waals surface area contributed by atoms with Crippen LogP contribution < -0.4 is 5.32 Å². The first kappa shape index (κ1) is 14.3. The van der Waals surface area contributed by atoms with E-state index >= 15 is 0 Å². The van der Waals surface area contributed by atoms with Crippen molar-refractivity contribution in [2.24, 2.45) is 5.41 Å². The minimum absolute atomic E-state index is 0.0131. The Labute approximate surface area is 108 Å². The first-order valence-electron chi connectivity index (χ1n) is 6.01. The van der Waals surface area contributed by atoms with Crippen molar-refractivity contribution in [1.29, 1.82) is 0 Å². The molecule has 0 saturated carbocycles. The van der Waals surface area contributed by atoms with Gasteiger partial charge in [0.25, 0.3) is 0 Å². The van der Waals surface area contributed by atoms with Gasteiger partial charge in [-0.25, -0.2) is 0 Å². The normalized spacial score (nSPS) is 10.4. The van der Waals surface area contributed by atoms with Gasteiger partial charge in [-0.3, -0.25) is 4.79 Å². The van der Waals surface area contributed by atoms with Crippen molar-refractivity contribution in [3.8, 4) is 11.8 Å². The topological polar surface area (TPSA) is 49.3 Å². The number of hydrogen-bond acceptors (Lipinski definition) is 2. The second kappa shape index (κ2) is 6.23. The molecule has 3 nitrogen and oxygen atoms in total. The predicted octanol–water partition coefficient (Wildman–Crippen LogP) is 2.41. The summed E-state index contributed by atoms with van der Waals surface area (Å²) in [6.07, 6.45) is 0.791. The Kier molecular flexibility index (Phi) is 4.94. The van der Waals surface area contributed by atoms with E-state index in [1.54, 1.807) is 0 Å². The second-order valence-electron chi connectivity index (χ2n) is 4.73. The predicted molar refractivity (Wildman–Crippen MR) is 73.1 cm³/mol. The van der Waals surface area contributed by atoms with E-state index in [2.05, 4.69) is 17.2 Å². The Bertz CT molecular complexity index is 464. The van der Waals surface area contributed by atoms with Gasteiger partial charge in [0, 0.05) is 16.7 Å². The quantitative estimate of drug-likeness (QED) is 0.803. The molecule has 0 radical (unpaired) electrons. The number of aliphatic hydroxyl groups excluding tert-OH is 1. The van der Waals surface area contributed by atoms with E-state index < -0.39 is 0 Å². The Balaban J connectivity index is 2.73. The van der Waals surface area contributed by atoms with E-state index in [-0.39, 0.29) is 17.9 Å². The fourth-order valence-corrected chi connectivity index (χ4v) is 1.24. The first-order valence-corrected chi connectivity index (χ1v) is 6.01. The molecule has 0 aliphatic carbocycles. The number of benzene rings is 1. The molecule has 96 valence electrons. The van der Waals surface area contributed by atoms with Gasteiger partial charge in [-0.2, -0.15) is 0 Å². The number of carbonyl (C=O) groups is 1. The van der Waals surface area contributed by atoms with E-state index in [0.29, 0.717) is 0 Å². The number of nitrogens with one attached hydrogen (secondary N) is 1. The van der Waals surface area contributed by atoms with Gasteiger partial charge in [0.1, 0.15) is 6.61 Å². The average molecular weight is 245 g/mol. The Morgan fingerprint density at radius 2 is 1.94 bits per heavy atom. The average Bonchev–Trinajstić information content (AvgIpc) is 2.37. The molecule has 2 N–H and O–H groups in total. The Hall–Kier alpha value is -1.79. The maximum Gasteiger partial charge on any atom is 0.230 e. The molecule has 1 rings (SSSR count). The number of rotatable bonds is 3. The van der Waals surface area contributed by atoms with Crippen LogP contribution in [0.1, 0.15) is 32.8 Å². The van der Waals surface area contributed by atoms with Crippen LogP contribution in [0.5, 0.6) is 0 Å². The van der Waals surface area contributed by atoms with Crippen LogP contribution in [0.15, 0.2) is 24.3 Å². The molecule has 0 heterocycles. The highest BCUT2D eigenvalue weighted by molar-refractivity contribution is 5.94. The molecule has 0 saturated heterocycles. The van der Waals surface area contributed by atoms with Crippen LogP contribution in [0.3, 0.4) is 0 Å². The number of carbonyl (C=O) groups excluding carboxylic acids is 1. The highest BCUT2D eigenvalue weighted by Crippen LogP contribution is 2.22. The zero-order valence-corrected chi connectivity index (χ0v) is 11.1. The standard InChI is InChI=1S/C15H19NO2/c1-4-15(2,3)14(18)16-13-9-7-12(8-10-13)6-5-11-17/h7-10,17H,4,11H2,1-3H3,(H,16,18). The van der Waals surface area contributed by atoms with Crippen LogP contribution in [0, 0.1) is 17.3 Å². The summed E-state index contributed by atoms with van der Waals surface area (Å²) < 4.78 is 0. The highest BCUT2D eigenvalue weighted by Gasteiger charge is 2.24. The van der Waals surface area contributed by atoms with E-state index in [1.807, 2.05) is 45.0 Å². The van der Waals surface area contributed by atoms with Gasteiger partial charge in [-0.1, -0.05) is 32.6 Å². The summed E-state index contributed by atoms with van der Waals surface area (Å²) in [6, 6.07) is 7.25. The summed E-state index contributed by atoms with van der Waals surface area (Å²) >= 11 is 0. The maximum atomic E-state index is 12.0. The van der Waals surface area contributed by atoms with Crippen molar-refractivity contribution in [3.63, 3.8) is 0 Å². The van der Waals surface area contributed by atoms with Crippen LogP contribution in [-0.4, -0.2) is 17.6 Å². The second-order valence-corrected chi connectivity index (χ2v) is 4.73. The molecule has 0 spiro atoms. The Morgan fingerprint density at radius 3 is 2.44 bits per heavy atom. The largest absolute Gasteiger partial charge is 0.384 e. The van der Waals surface area contributed by atoms with Crippen molar-refractivity contribution in [1.82, 2.24) is 0 Å². The van der Waals surface area contributed by atoms with Gasteiger partial charge in [-0.15, -0.1) is 0 Å². The minimum Gasteiger partial charge on any atom is -0.384 e. The lowest BCUT2D eigenvalue weighted by molar-refractivity contribution is -0.124. The first-order chi connectivity index (χ1) is 8.49. The summed E-state index contributed by atoms with van der Waals surface area (Å²) in [4.78, 5) is 12.0. The van der Waals surface area contributed by atoms with Crippen molar-refractivity contribution < 1.29 is 9.90 Å². The lowest BCUT2D eigenvalue weighted by Gasteiger charge is -2.21. The lowest BCUT2D eigenvalue weighted by Crippen LogP contribution is -2.29. The van der Waals surface area contributed by atoms with Gasteiger partial charge in [0.05, 0.1) is 0 Å². The lowest BCUT2D eigenvalue weighted by atomic mass is 9.89. The molecule has 1 aromatic carbocycles. The van der Waals surface area contributed by atoms with E-state index in [4.69, 9.17) is 5.11 Å². The monoisotopic (exact) mass is 245 g/mol. The van der Waals surface area contributed by atoms with Crippen molar-refractivity contribution in [2.45, 2.75) is 27.2 Å². The summed E-state index contributed by atoms with van der Waals surface area (Å²) in [5, 5.41) is 11.5. The molecular formula is C15H19NO2. The van der Waals surface area contributed by atoms with Crippen molar-refractivity contribution >= 4 is 11.6 Å². The molecule has 0 fully saturated rings.